The molecule has 0 N–H and O–H groups in total. The van der Waals surface area contributed by atoms with Crippen LogP contribution in [-0.2, 0) is 9.59 Å². The summed E-state index contributed by atoms with van der Waals surface area (Å²) in [5, 5.41) is 0. The third-order valence-electron chi connectivity index (χ3n) is 7.13. The fourth-order valence-electron chi connectivity index (χ4n) is 5.75. The van der Waals surface area contributed by atoms with Crippen LogP contribution in [0.2, 0.25) is 0 Å². The van der Waals surface area contributed by atoms with Crippen LogP contribution in [0.4, 0.5) is 23.2 Å². The zero-order valence-electron chi connectivity index (χ0n) is 18.1. The number of hydrogen-bond donors (Lipinski definition) is 0. The van der Waals surface area contributed by atoms with Crippen LogP contribution in [-0.4, -0.2) is 11.8 Å². The summed E-state index contributed by atoms with van der Waals surface area (Å²) in [6, 6.07) is 14.8. The predicted octanol–water partition coefficient (Wildman–Crippen LogP) is 5.67. The molecule has 3 aromatic rings. The van der Waals surface area contributed by atoms with Crippen molar-refractivity contribution in [2.45, 2.75) is 0 Å². The maximum absolute atomic E-state index is 14.5. The van der Waals surface area contributed by atoms with Gasteiger partial charge < -0.3 is 0 Å². The van der Waals surface area contributed by atoms with E-state index in [-0.39, 0.29) is 0 Å². The number of benzene rings is 3. The van der Waals surface area contributed by atoms with Gasteiger partial charge in [-0.25, -0.2) is 22.5 Å². The van der Waals surface area contributed by atoms with E-state index in [2.05, 4.69) is 0 Å². The summed E-state index contributed by atoms with van der Waals surface area (Å²) >= 11 is 0. The highest BCUT2D eigenvalue weighted by atomic mass is 19.1. The quantitative estimate of drug-likeness (QED) is 0.278. The predicted molar refractivity (Wildman–Crippen MR) is 121 cm³/mol. The topological polar surface area (TPSA) is 37.4 Å². The average molecular weight is 475 g/mol. The number of carbonyl (C=O) groups excluding carboxylic acids is 2. The molecule has 4 atom stereocenters. The van der Waals surface area contributed by atoms with Gasteiger partial charge in [0, 0.05) is 11.8 Å². The third-order valence-corrected chi connectivity index (χ3v) is 7.13. The van der Waals surface area contributed by atoms with Gasteiger partial charge in [-0.1, -0.05) is 42.5 Å². The fraction of sp³-hybridized carbons (Fsp3) is 0.143. The van der Waals surface area contributed by atoms with E-state index < -0.39 is 64.4 Å². The molecule has 6 rings (SSSR count). The van der Waals surface area contributed by atoms with Crippen LogP contribution in [0.25, 0.3) is 5.57 Å². The molecule has 3 aliphatic rings. The Morgan fingerprint density at radius 3 is 1.49 bits per heavy atom. The molecule has 0 radical (unpaired) electrons. The monoisotopic (exact) mass is 475 g/mol. The van der Waals surface area contributed by atoms with Crippen molar-refractivity contribution >= 4 is 23.1 Å². The van der Waals surface area contributed by atoms with Crippen LogP contribution >= 0.6 is 0 Å². The van der Waals surface area contributed by atoms with Gasteiger partial charge in [-0.3, -0.25) is 9.59 Å². The second-order valence-corrected chi connectivity index (χ2v) is 8.91. The largest absolute Gasteiger partial charge is 0.274 e. The van der Waals surface area contributed by atoms with E-state index in [0.717, 1.165) is 17.7 Å². The number of carbonyl (C=O) groups is 2. The average Bonchev–Trinajstić information content (AvgIpc) is 3.47. The van der Waals surface area contributed by atoms with E-state index >= 15 is 0 Å². The van der Waals surface area contributed by atoms with Crippen molar-refractivity contribution in [1.82, 2.24) is 0 Å². The Morgan fingerprint density at radius 2 is 1.06 bits per heavy atom. The van der Waals surface area contributed by atoms with Crippen molar-refractivity contribution in [2.75, 3.05) is 4.90 Å². The second-order valence-electron chi connectivity index (χ2n) is 8.91. The minimum atomic E-state index is -0.985. The summed E-state index contributed by atoms with van der Waals surface area (Å²) in [5.41, 5.74) is 2.13. The number of rotatable bonds is 3. The van der Waals surface area contributed by atoms with Gasteiger partial charge in [-0.15, -0.1) is 0 Å². The van der Waals surface area contributed by atoms with E-state index in [1.165, 1.54) is 30.3 Å². The molecule has 35 heavy (non-hydrogen) atoms. The number of para-hydroxylation sites is 1. The number of imide groups is 1. The van der Waals surface area contributed by atoms with Gasteiger partial charge in [-0.2, -0.15) is 0 Å². The van der Waals surface area contributed by atoms with Crippen molar-refractivity contribution in [3.8, 4) is 0 Å². The molecule has 1 saturated heterocycles. The first-order chi connectivity index (χ1) is 16.9. The van der Waals surface area contributed by atoms with Crippen LogP contribution < -0.4 is 4.90 Å². The summed E-state index contributed by atoms with van der Waals surface area (Å²) in [6.45, 7) is 0. The summed E-state index contributed by atoms with van der Waals surface area (Å²) in [7, 11) is 0. The van der Waals surface area contributed by atoms with E-state index in [9.17, 15) is 27.2 Å². The maximum atomic E-state index is 14.5. The van der Waals surface area contributed by atoms with Gasteiger partial charge >= 0.3 is 0 Å². The van der Waals surface area contributed by atoms with Crippen LogP contribution in [0.3, 0.4) is 0 Å². The van der Waals surface area contributed by atoms with Crippen LogP contribution in [0, 0.1) is 46.9 Å². The van der Waals surface area contributed by atoms with Crippen molar-refractivity contribution < 1.29 is 27.2 Å². The van der Waals surface area contributed by atoms with E-state index in [1.54, 1.807) is 24.3 Å². The van der Waals surface area contributed by atoms with Crippen LogP contribution in [0.1, 0.15) is 11.1 Å². The SMILES string of the molecule is O=C1C2C3C=CC(C3=C(c3ccc(F)cc3)c3ccc(F)cc3)C2C(=O)N1c1c(F)cccc1F. The molecule has 2 amide bonds. The second kappa shape index (κ2) is 7.77. The molecule has 0 aromatic heterocycles. The Hall–Kier alpha value is -4.00. The highest BCUT2D eigenvalue weighted by molar-refractivity contribution is 6.23. The smallest absolute Gasteiger partial charge is 0.238 e. The number of nitrogens with zero attached hydrogens (tertiary/aromatic N) is 1. The lowest BCUT2D eigenvalue weighted by Gasteiger charge is -2.22. The first-order valence-electron chi connectivity index (χ1n) is 11.1. The Balaban J connectivity index is 1.50. The molecule has 2 bridgehead atoms. The summed E-state index contributed by atoms with van der Waals surface area (Å²) in [4.78, 5) is 27.5. The van der Waals surface area contributed by atoms with Gasteiger partial charge in [0.05, 0.1) is 11.8 Å². The molecule has 2 aliphatic carbocycles. The standard InChI is InChI=1S/C28H17F4NO2/c29-16-8-4-14(5-9-16)22(15-6-10-17(30)11-7-15)23-18-12-13-19(23)25-24(18)27(34)33(28(25)35)26-20(31)2-1-3-21(26)32/h1-13,18-19,24-25H. The molecule has 1 saturated carbocycles. The van der Waals surface area contributed by atoms with Crippen LogP contribution in [0.15, 0.2) is 84.5 Å². The molecule has 3 aromatic carbocycles. The number of halogens is 4. The minimum Gasteiger partial charge on any atom is -0.274 e. The van der Waals surface area contributed by atoms with E-state index in [1.807, 2.05) is 12.2 Å². The highest BCUT2D eigenvalue weighted by Gasteiger charge is 2.63. The lowest BCUT2D eigenvalue weighted by atomic mass is 9.85. The normalized spacial score (nSPS) is 24.5. The first kappa shape index (κ1) is 21.5. The van der Waals surface area contributed by atoms with Gasteiger partial charge in [0.25, 0.3) is 0 Å². The van der Waals surface area contributed by atoms with Gasteiger partial charge in [0.15, 0.2) is 0 Å². The molecule has 0 spiro atoms. The summed E-state index contributed by atoms with van der Waals surface area (Å²) < 4.78 is 56.3. The van der Waals surface area contributed by atoms with Crippen molar-refractivity contribution in [2.24, 2.45) is 23.7 Å². The van der Waals surface area contributed by atoms with E-state index in [4.69, 9.17) is 0 Å². The number of anilines is 1. The molecule has 3 nitrogen and oxygen atoms in total. The number of hydrogen-bond acceptors (Lipinski definition) is 2. The molecule has 1 aliphatic heterocycles. The van der Waals surface area contributed by atoms with Crippen LogP contribution in [0.5, 0.6) is 0 Å². The lowest BCUT2D eigenvalue weighted by molar-refractivity contribution is -0.123. The van der Waals surface area contributed by atoms with E-state index in [0.29, 0.717) is 21.6 Å². The maximum Gasteiger partial charge on any atom is 0.238 e. The number of fused-ring (bicyclic) bond motifs is 5. The molecular weight excluding hydrogens is 458 g/mol. The van der Waals surface area contributed by atoms with Crippen molar-refractivity contribution in [3.05, 3.63) is 119 Å². The van der Waals surface area contributed by atoms with Gasteiger partial charge in [0.1, 0.15) is 29.0 Å². The lowest BCUT2D eigenvalue weighted by Crippen LogP contribution is -2.34. The Kier molecular flexibility index (Phi) is 4.78. The summed E-state index contributed by atoms with van der Waals surface area (Å²) in [6.07, 6.45) is 3.67. The minimum absolute atomic E-state index is 0.422. The molecule has 7 heteroatoms. The van der Waals surface area contributed by atoms with Gasteiger partial charge in [0.2, 0.25) is 11.8 Å². The Bertz CT molecular complexity index is 1340. The Morgan fingerprint density at radius 1 is 0.629 bits per heavy atom. The van der Waals surface area contributed by atoms with Crippen molar-refractivity contribution in [1.29, 1.82) is 0 Å². The molecule has 1 heterocycles. The Labute approximate surface area is 198 Å². The zero-order chi connectivity index (χ0) is 24.4. The molecule has 2 fully saturated rings. The first-order valence-corrected chi connectivity index (χ1v) is 11.1. The van der Waals surface area contributed by atoms with Crippen molar-refractivity contribution in [3.63, 3.8) is 0 Å². The summed E-state index contributed by atoms with van der Waals surface area (Å²) in [5.74, 6) is -6.75. The fourth-order valence-corrected chi connectivity index (χ4v) is 5.75. The third kappa shape index (κ3) is 3.11. The molecule has 4 unspecified atom stereocenters. The number of amides is 2. The molecule has 174 valence electrons. The highest BCUT2D eigenvalue weighted by Crippen LogP contribution is 2.59. The molecular formula is C28H17F4NO2. The van der Waals surface area contributed by atoms with Gasteiger partial charge in [-0.05, 0) is 58.7 Å². The zero-order valence-corrected chi connectivity index (χ0v) is 18.1. The number of allylic oxidation sites excluding steroid dienone is 3.